The van der Waals surface area contributed by atoms with Gasteiger partial charge in [-0.05, 0) is 44.6 Å². The molecule has 0 unspecified atom stereocenters. The summed E-state index contributed by atoms with van der Waals surface area (Å²) in [5.41, 5.74) is 0.794. The van der Waals surface area contributed by atoms with E-state index in [1.165, 1.54) is 0 Å². The zero-order valence-corrected chi connectivity index (χ0v) is 19.7. The van der Waals surface area contributed by atoms with Crippen LogP contribution in [0.15, 0.2) is 24.7 Å². The topological polar surface area (TPSA) is 127 Å². The van der Waals surface area contributed by atoms with Gasteiger partial charge < -0.3 is 24.8 Å². The lowest BCUT2D eigenvalue weighted by atomic mass is 9.83. The molecule has 2 fully saturated rings. The van der Waals surface area contributed by atoms with Crippen molar-refractivity contribution in [3.05, 3.63) is 24.7 Å². The number of hydrogen-bond donors (Lipinski definition) is 2. The van der Waals surface area contributed by atoms with Crippen molar-refractivity contribution in [3.63, 3.8) is 0 Å². The Morgan fingerprint density at radius 1 is 1.12 bits per heavy atom. The molecule has 182 valence electrons. The molecule has 1 aliphatic carbocycles. The van der Waals surface area contributed by atoms with Gasteiger partial charge in [-0.2, -0.15) is 10.2 Å². The van der Waals surface area contributed by atoms with Crippen LogP contribution < -0.4 is 15.4 Å². The maximum atomic E-state index is 9.62. The van der Waals surface area contributed by atoms with Gasteiger partial charge in [0.15, 0.2) is 0 Å². The molecule has 0 radical (unpaired) electrons. The number of methoxy groups -OCH3 is 1. The van der Waals surface area contributed by atoms with Crippen molar-refractivity contribution in [1.82, 2.24) is 25.3 Å². The van der Waals surface area contributed by atoms with Crippen molar-refractivity contribution >= 4 is 5.82 Å². The molecule has 2 aromatic heterocycles. The minimum absolute atomic E-state index is 0.242. The molecule has 0 spiro atoms. The monoisotopic (exact) mass is 467 g/mol. The van der Waals surface area contributed by atoms with Crippen molar-refractivity contribution in [2.75, 3.05) is 45.4 Å². The van der Waals surface area contributed by atoms with Gasteiger partial charge in [0, 0.05) is 51.2 Å². The maximum absolute atomic E-state index is 9.62. The van der Waals surface area contributed by atoms with Gasteiger partial charge >= 0.3 is 6.01 Å². The van der Waals surface area contributed by atoms with Gasteiger partial charge in [-0.15, -0.1) is 0 Å². The van der Waals surface area contributed by atoms with E-state index in [1.54, 1.807) is 25.7 Å². The van der Waals surface area contributed by atoms with E-state index < -0.39 is 5.41 Å². The van der Waals surface area contributed by atoms with Crippen molar-refractivity contribution in [1.29, 1.82) is 5.26 Å². The first-order chi connectivity index (χ1) is 16.7. The summed E-state index contributed by atoms with van der Waals surface area (Å²) in [6.07, 6.45) is 8.91. The fourth-order valence-electron chi connectivity index (χ4n) is 4.40. The molecule has 0 bridgehead atoms. The van der Waals surface area contributed by atoms with Crippen molar-refractivity contribution in [2.45, 2.75) is 50.6 Å². The molecule has 0 aromatic carbocycles. The SMILES string of the molecule is COCCNC1CCC(Nc2cc(-c3ccnc(OCC4(C#N)CCOCC4)n3)ncn2)CC1. The maximum Gasteiger partial charge on any atom is 0.316 e. The third-order valence-corrected chi connectivity index (χ3v) is 6.55. The Labute approximate surface area is 200 Å². The summed E-state index contributed by atoms with van der Waals surface area (Å²) in [6.45, 7) is 3.02. The van der Waals surface area contributed by atoms with E-state index in [-0.39, 0.29) is 12.6 Å². The highest BCUT2D eigenvalue weighted by atomic mass is 16.5. The normalized spacial score (nSPS) is 22.0. The van der Waals surface area contributed by atoms with Crippen molar-refractivity contribution in [2.24, 2.45) is 5.41 Å². The molecule has 1 aliphatic heterocycles. The molecule has 2 N–H and O–H groups in total. The highest BCUT2D eigenvalue weighted by molar-refractivity contribution is 5.58. The van der Waals surface area contributed by atoms with E-state index in [0.717, 1.165) is 44.7 Å². The van der Waals surface area contributed by atoms with Crippen LogP contribution in [-0.4, -0.2) is 72.1 Å². The molecule has 34 heavy (non-hydrogen) atoms. The number of nitrogens with zero attached hydrogens (tertiary/aromatic N) is 5. The van der Waals surface area contributed by atoms with Gasteiger partial charge in [0.05, 0.1) is 29.5 Å². The van der Waals surface area contributed by atoms with Crippen molar-refractivity contribution in [3.8, 4) is 23.5 Å². The standard InChI is InChI=1S/C24H33N7O3/c1-32-13-10-26-18-2-4-19(5-3-18)30-22-14-21(28-17-29-22)20-6-9-27-23(31-20)34-16-24(15-25)7-11-33-12-8-24/h6,9,14,17-19,26H,2-5,7-8,10-13,16H2,1H3,(H,28,29,30). The van der Waals surface area contributed by atoms with E-state index >= 15 is 0 Å². The number of ether oxygens (including phenoxy) is 3. The summed E-state index contributed by atoms with van der Waals surface area (Å²) < 4.78 is 16.3. The molecule has 1 saturated heterocycles. The van der Waals surface area contributed by atoms with Crippen LogP contribution in [0.2, 0.25) is 0 Å². The lowest BCUT2D eigenvalue weighted by Crippen LogP contribution is -2.38. The first kappa shape index (κ1) is 24.3. The minimum atomic E-state index is -0.554. The van der Waals surface area contributed by atoms with E-state index in [4.69, 9.17) is 14.2 Å². The van der Waals surface area contributed by atoms with Crippen LogP contribution in [0.3, 0.4) is 0 Å². The number of anilines is 1. The lowest BCUT2D eigenvalue weighted by Gasteiger charge is -2.30. The summed E-state index contributed by atoms with van der Waals surface area (Å²) in [7, 11) is 1.73. The van der Waals surface area contributed by atoms with E-state index in [1.807, 2.05) is 6.07 Å². The molecule has 10 heteroatoms. The molecular weight excluding hydrogens is 434 g/mol. The van der Waals surface area contributed by atoms with Crippen LogP contribution in [0.4, 0.5) is 5.82 Å². The largest absolute Gasteiger partial charge is 0.462 e. The summed E-state index contributed by atoms with van der Waals surface area (Å²) in [5, 5.41) is 16.7. The highest BCUT2D eigenvalue weighted by Crippen LogP contribution is 2.30. The number of nitrogens with one attached hydrogen (secondary N) is 2. The third kappa shape index (κ3) is 6.59. The van der Waals surface area contributed by atoms with Gasteiger partial charge in [0.2, 0.25) is 0 Å². The van der Waals surface area contributed by atoms with Crippen LogP contribution in [0.25, 0.3) is 11.4 Å². The highest BCUT2D eigenvalue weighted by Gasteiger charge is 2.34. The van der Waals surface area contributed by atoms with E-state index in [9.17, 15) is 5.26 Å². The van der Waals surface area contributed by atoms with Gasteiger partial charge in [-0.25, -0.2) is 15.0 Å². The Balaban J connectivity index is 1.33. The van der Waals surface area contributed by atoms with E-state index in [0.29, 0.717) is 49.5 Å². The van der Waals surface area contributed by atoms with Crippen molar-refractivity contribution < 1.29 is 14.2 Å². The predicted octanol–water partition coefficient (Wildman–Crippen LogP) is 2.59. The predicted molar refractivity (Wildman–Crippen MR) is 126 cm³/mol. The number of aromatic nitrogens is 4. The van der Waals surface area contributed by atoms with Gasteiger partial charge in [0.25, 0.3) is 0 Å². The fourth-order valence-corrected chi connectivity index (χ4v) is 4.40. The number of hydrogen-bond acceptors (Lipinski definition) is 10. The molecule has 2 aromatic rings. The van der Waals surface area contributed by atoms with Crippen LogP contribution in [-0.2, 0) is 9.47 Å². The number of nitriles is 1. The first-order valence-electron chi connectivity index (χ1n) is 12.0. The zero-order chi connectivity index (χ0) is 23.6. The van der Waals surface area contributed by atoms with Crippen LogP contribution >= 0.6 is 0 Å². The summed E-state index contributed by atoms with van der Waals surface area (Å²) >= 11 is 0. The molecule has 4 rings (SSSR count). The Morgan fingerprint density at radius 2 is 1.91 bits per heavy atom. The molecule has 1 saturated carbocycles. The Hall–Kier alpha value is -2.87. The van der Waals surface area contributed by atoms with Gasteiger partial charge in [0.1, 0.15) is 18.8 Å². The second-order valence-electron chi connectivity index (χ2n) is 8.95. The lowest BCUT2D eigenvalue weighted by molar-refractivity contribution is 0.0174. The molecule has 10 nitrogen and oxygen atoms in total. The average molecular weight is 468 g/mol. The molecule has 3 heterocycles. The molecule has 2 aliphatic rings. The quantitative estimate of drug-likeness (QED) is 0.503. The fraction of sp³-hybridized carbons (Fsp3) is 0.625. The Morgan fingerprint density at radius 3 is 2.68 bits per heavy atom. The Kier molecular flexibility index (Phi) is 8.57. The summed E-state index contributed by atoms with van der Waals surface area (Å²) in [5.74, 6) is 0.785. The second kappa shape index (κ2) is 12.0. The van der Waals surface area contributed by atoms with Crippen LogP contribution in [0, 0.1) is 16.7 Å². The molecule has 0 atom stereocenters. The smallest absolute Gasteiger partial charge is 0.316 e. The van der Waals surface area contributed by atoms with E-state index in [2.05, 4.69) is 36.6 Å². The van der Waals surface area contributed by atoms with Gasteiger partial charge in [-0.1, -0.05) is 0 Å². The second-order valence-corrected chi connectivity index (χ2v) is 8.95. The summed E-state index contributed by atoms with van der Waals surface area (Å²) in [4.78, 5) is 17.5. The molecular formula is C24H33N7O3. The zero-order valence-electron chi connectivity index (χ0n) is 19.7. The third-order valence-electron chi connectivity index (χ3n) is 6.55. The van der Waals surface area contributed by atoms with Crippen LogP contribution in [0.5, 0.6) is 6.01 Å². The molecule has 0 amide bonds. The summed E-state index contributed by atoms with van der Waals surface area (Å²) in [6, 6.07) is 7.28. The van der Waals surface area contributed by atoms with Gasteiger partial charge in [-0.3, -0.25) is 0 Å². The number of rotatable bonds is 10. The minimum Gasteiger partial charge on any atom is -0.462 e. The average Bonchev–Trinajstić information content (AvgIpc) is 2.90. The first-order valence-corrected chi connectivity index (χ1v) is 12.0. The Bertz CT molecular complexity index is 954. The van der Waals surface area contributed by atoms with Crippen LogP contribution in [0.1, 0.15) is 38.5 Å².